The van der Waals surface area contributed by atoms with Crippen molar-refractivity contribution in [1.82, 2.24) is 14.8 Å². The van der Waals surface area contributed by atoms with E-state index in [0.717, 1.165) is 13.1 Å². The van der Waals surface area contributed by atoms with Gasteiger partial charge < -0.3 is 9.88 Å². The van der Waals surface area contributed by atoms with Crippen LogP contribution in [0, 0.1) is 5.92 Å². The maximum absolute atomic E-state index is 3.44. The molecule has 1 aromatic rings. The molecule has 1 aliphatic heterocycles. The van der Waals surface area contributed by atoms with Crippen molar-refractivity contribution in [2.24, 2.45) is 13.0 Å². The molecular formula is C14H25N3. The molecule has 3 nitrogen and oxygen atoms in total. The monoisotopic (exact) mass is 235 g/mol. The third-order valence-electron chi connectivity index (χ3n) is 4.01. The van der Waals surface area contributed by atoms with Crippen molar-refractivity contribution in [2.75, 3.05) is 26.2 Å². The zero-order chi connectivity index (χ0) is 12.3. The highest BCUT2D eigenvalue weighted by Crippen LogP contribution is 2.30. The highest BCUT2D eigenvalue weighted by atomic mass is 15.2. The molecule has 1 unspecified atom stereocenters. The van der Waals surface area contributed by atoms with Crippen LogP contribution in [0.15, 0.2) is 18.3 Å². The number of hydrogen-bond donors (Lipinski definition) is 1. The van der Waals surface area contributed by atoms with Gasteiger partial charge in [-0.05, 0) is 18.1 Å². The second kappa shape index (κ2) is 5.69. The summed E-state index contributed by atoms with van der Waals surface area (Å²) < 4.78 is 2.28. The standard InChI is InChI=1S/C14H25N3/c1-4-12(2)14(13-6-5-9-16(13)3)17-10-7-15-8-11-17/h5-6,9,12,14-15H,4,7-8,10-11H2,1-3H3/t12?,14-/m0/s1. The fourth-order valence-corrected chi connectivity index (χ4v) is 2.80. The maximum atomic E-state index is 3.44. The van der Waals surface area contributed by atoms with Crippen molar-refractivity contribution < 1.29 is 0 Å². The molecule has 2 atom stereocenters. The lowest BCUT2D eigenvalue weighted by Gasteiger charge is -2.38. The summed E-state index contributed by atoms with van der Waals surface area (Å²) in [5.74, 6) is 0.710. The molecule has 96 valence electrons. The summed E-state index contributed by atoms with van der Waals surface area (Å²) in [5.41, 5.74) is 1.46. The van der Waals surface area contributed by atoms with Gasteiger partial charge in [-0.3, -0.25) is 4.90 Å². The van der Waals surface area contributed by atoms with Crippen molar-refractivity contribution in [1.29, 1.82) is 0 Å². The van der Waals surface area contributed by atoms with Crippen molar-refractivity contribution in [3.63, 3.8) is 0 Å². The molecule has 0 saturated carbocycles. The van der Waals surface area contributed by atoms with E-state index in [1.54, 1.807) is 0 Å². The van der Waals surface area contributed by atoms with E-state index < -0.39 is 0 Å². The summed E-state index contributed by atoms with van der Waals surface area (Å²) in [6, 6.07) is 5.01. The van der Waals surface area contributed by atoms with Crippen LogP contribution in [-0.4, -0.2) is 35.6 Å². The molecule has 0 bridgehead atoms. The Kier molecular flexibility index (Phi) is 4.24. The van der Waals surface area contributed by atoms with Crippen molar-refractivity contribution in [3.05, 3.63) is 24.0 Å². The number of nitrogens with zero attached hydrogens (tertiary/aromatic N) is 2. The Hall–Kier alpha value is -0.800. The molecule has 17 heavy (non-hydrogen) atoms. The number of piperazine rings is 1. The van der Waals surface area contributed by atoms with Gasteiger partial charge in [-0.2, -0.15) is 0 Å². The van der Waals surface area contributed by atoms with Gasteiger partial charge in [0.05, 0.1) is 6.04 Å². The van der Waals surface area contributed by atoms with Crippen LogP contribution in [0.3, 0.4) is 0 Å². The van der Waals surface area contributed by atoms with Crippen molar-refractivity contribution in [2.45, 2.75) is 26.3 Å². The van der Waals surface area contributed by atoms with E-state index in [0.29, 0.717) is 12.0 Å². The fraction of sp³-hybridized carbons (Fsp3) is 0.714. The van der Waals surface area contributed by atoms with Crippen LogP contribution in [0.5, 0.6) is 0 Å². The van der Waals surface area contributed by atoms with E-state index in [1.807, 2.05) is 0 Å². The van der Waals surface area contributed by atoms with Crippen LogP contribution in [0.25, 0.3) is 0 Å². The predicted octanol–water partition coefficient (Wildman–Crippen LogP) is 2.02. The van der Waals surface area contributed by atoms with Gasteiger partial charge in [-0.1, -0.05) is 20.3 Å². The first-order valence-corrected chi connectivity index (χ1v) is 6.80. The first-order chi connectivity index (χ1) is 8.24. The summed E-state index contributed by atoms with van der Waals surface area (Å²) in [6.07, 6.45) is 3.40. The Balaban J connectivity index is 2.21. The smallest absolute Gasteiger partial charge is 0.0526 e. The summed E-state index contributed by atoms with van der Waals surface area (Å²) in [6.45, 7) is 9.25. The third-order valence-corrected chi connectivity index (χ3v) is 4.01. The average molecular weight is 235 g/mol. The topological polar surface area (TPSA) is 20.2 Å². The minimum Gasteiger partial charge on any atom is -0.353 e. The Morgan fingerprint density at radius 1 is 1.35 bits per heavy atom. The van der Waals surface area contributed by atoms with E-state index in [2.05, 4.69) is 54.0 Å². The normalized spacial score (nSPS) is 21.4. The van der Waals surface area contributed by atoms with Crippen LogP contribution < -0.4 is 5.32 Å². The van der Waals surface area contributed by atoms with E-state index >= 15 is 0 Å². The number of aryl methyl sites for hydroxylation is 1. The molecule has 2 rings (SSSR count). The molecule has 0 spiro atoms. The van der Waals surface area contributed by atoms with Crippen LogP contribution in [0.4, 0.5) is 0 Å². The second-order valence-corrected chi connectivity index (χ2v) is 5.16. The molecule has 1 N–H and O–H groups in total. The fourth-order valence-electron chi connectivity index (χ4n) is 2.80. The van der Waals surface area contributed by atoms with Gasteiger partial charge in [0, 0.05) is 45.1 Å². The molecule has 1 aliphatic rings. The van der Waals surface area contributed by atoms with E-state index in [1.165, 1.54) is 25.2 Å². The predicted molar refractivity (Wildman–Crippen MR) is 72.1 cm³/mol. The number of rotatable bonds is 4. The lowest BCUT2D eigenvalue weighted by atomic mass is 9.94. The van der Waals surface area contributed by atoms with Crippen LogP contribution in [0.2, 0.25) is 0 Å². The van der Waals surface area contributed by atoms with Crippen molar-refractivity contribution >= 4 is 0 Å². The van der Waals surface area contributed by atoms with E-state index in [4.69, 9.17) is 0 Å². The lowest BCUT2D eigenvalue weighted by Crippen LogP contribution is -2.47. The highest BCUT2D eigenvalue weighted by molar-refractivity contribution is 5.13. The van der Waals surface area contributed by atoms with Gasteiger partial charge in [0.2, 0.25) is 0 Å². The van der Waals surface area contributed by atoms with Gasteiger partial charge in [-0.15, -0.1) is 0 Å². The molecule has 0 aliphatic carbocycles. The highest BCUT2D eigenvalue weighted by Gasteiger charge is 2.27. The Labute approximate surface area is 105 Å². The Bertz CT molecular complexity index is 339. The van der Waals surface area contributed by atoms with Gasteiger partial charge in [0.1, 0.15) is 0 Å². The van der Waals surface area contributed by atoms with Crippen LogP contribution in [0.1, 0.15) is 32.0 Å². The Morgan fingerprint density at radius 2 is 2.06 bits per heavy atom. The molecule has 1 fully saturated rings. The lowest BCUT2D eigenvalue weighted by molar-refractivity contribution is 0.123. The molecule has 1 saturated heterocycles. The zero-order valence-electron chi connectivity index (χ0n) is 11.3. The second-order valence-electron chi connectivity index (χ2n) is 5.16. The zero-order valence-corrected chi connectivity index (χ0v) is 11.3. The summed E-state index contributed by atoms with van der Waals surface area (Å²) in [4.78, 5) is 2.64. The van der Waals surface area contributed by atoms with Crippen LogP contribution in [-0.2, 0) is 7.05 Å². The van der Waals surface area contributed by atoms with E-state index in [-0.39, 0.29) is 0 Å². The van der Waals surface area contributed by atoms with Gasteiger partial charge in [0.25, 0.3) is 0 Å². The van der Waals surface area contributed by atoms with Gasteiger partial charge >= 0.3 is 0 Å². The van der Waals surface area contributed by atoms with Gasteiger partial charge in [-0.25, -0.2) is 0 Å². The largest absolute Gasteiger partial charge is 0.353 e. The number of hydrogen-bond acceptors (Lipinski definition) is 2. The molecule has 2 heterocycles. The minimum atomic E-state index is 0.571. The minimum absolute atomic E-state index is 0.571. The Morgan fingerprint density at radius 3 is 2.59 bits per heavy atom. The SMILES string of the molecule is CCC(C)[C@@H](c1cccn1C)N1CCNCC1. The summed E-state index contributed by atoms with van der Waals surface area (Å²) in [7, 11) is 2.16. The number of nitrogens with one attached hydrogen (secondary N) is 1. The number of aromatic nitrogens is 1. The molecule has 3 heteroatoms. The van der Waals surface area contributed by atoms with Gasteiger partial charge in [0.15, 0.2) is 0 Å². The summed E-state index contributed by atoms with van der Waals surface area (Å²) in [5, 5.41) is 3.44. The quantitative estimate of drug-likeness (QED) is 0.861. The molecular weight excluding hydrogens is 210 g/mol. The van der Waals surface area contributed by atoms with Crippen molar-refractivity contribution in [3.8, 4) is 0 Å². The first-order valence-electron chi connectivity index (χ1n) is 6.80. The maximum Gasteiger partial charge on any atom is 0.0526 e. The molecule has 0 aromatic carbocycles. The molecule has 0 radical (unpaired) electrons. The molecule has 1 aromatic heterocycles. The average Bonchev–Trinajstić information content (AvgIpc) is 2.77. The molecule has 0 amide bonds. The first kappa shape index (κ1) is 12.7. The third kappa shape index (κ3) is 2.72. The van der Waals surface area contributed by atoms with Crippen LogP contribution >= 0.6 is 0 Å². The van der Waals surface area contributed by atoms with E-state index in [9.17, 15) is 0 Å². The summed E-state index contributed by atoms with van der Waals surface area (Å²) >= 11 is 0.